The first kappa shape index (κ1) is 35.0. The molecule has 4 aromatic rings. The van der Waals surface area contributed by atoms with Gasteiger partial charge >= 0.3 is 12.3 Å². The third-order valence-electron chi connectivity index (χ3n) is 5.84. The number of halogens is 6. The maximum absolute atomic E-state index is 15.9. The molecule has 1 aromatic carbocycles. The standard InChI is InChI=1S/C30H27ClF5N7O3Si/c1-29(2,3)46-28(45)42-23-15-37-25(33)17(7-10-47(4,5)6)24(23)19-12-21(31)18(13-22(19)32)27(44)41-16-11-20(30(34,35)36)26(38-14-16)43-39-8-9-40-43/h8-9,11-15H,1-6H3,(H,41,44)(H,42,45). The molecule has 0 unspecified atom stereocenters. The summed E-state index contributed by atoms with van der Waals surface area (Å²) in [5, 5.41) is 11.6. The summed E-state index contributed by atoms with van der Waals surface area (Å²) in [7, 11) is -2.11. The van der Waals surface area contributed by atoms with E-state index in [1.54, 1.807) is 20.8 Å². The Labute approximate surface area is 271 Å². The van der Waals surface area contributed by atoms with Gasteiger partial charge in [0.1, 0.15) is 25.1 Å². The molecule has 0 aliphatic heterocycles. The molecule has 17 heteroatoms. The Bertz CT molecular complexity index is 1910. The molecule has 0 radical (unpaired) electrons. The summed E-state index contributed by atoms with van der Waals surface area (Å²) in [6.07, 6.45) is -1.63. The fourth-order valence-electron chi connectivity index (χ4n) is 3.97. The Morgan fingerprint density at radius 2 is 1.64 bits per heavy atom. The molecule has 0 aliphatic rings. The molecule has 0 fully saturated rings. The quantitative estimate of drug-likeness (QED) is 0.0961. The molecule has 0 saturated heterocycles. The SMILES string of the molecule is CC(C)(C)OC(=O)Nc1cnc(F)c(C#C[Si](C)(C)C)c1-c1cc(Cl)c(C(=O)Nc2cnc(-n3nccn3)c(C(F)(F)F)c2)cc1F. The smallest absolute Gasteiger partial charge is 0.420 e. The lowest BCUT2D eigenvalue weighted by Gasteiger charge is -2.21. The molecule has 0 atom stereocenters. The van der Waals surface area contributed by atoms with Gasteiger partial charge < -0.3 is 10.1 Å². The molecule has 2 N–H and O–H groups in total. The highest BCUT2D eigenvalue weighted by molar-refractivity contribution is 6.83. The van der Waals surface area contributed by atoms with Crippen LogP contribution in [0.1, 0.15) is 42.3 Å². The predicted octanol–water partition coefficient (Wildman–Crippen LogP) is 7.50. The minimum Gasteiger partial charge on any atom is -0.444 e. The summed E-state index contributed by atoms with van der Waals surface area (Å²) in [5.74, 6) is -1.15. The maximum atomic E-state index is 15.9. The number of carbonyl (C=O) groups is 2. The summed E-state index contributed by atoms with van der Waals surface area (Å²) in [6, 6.07) is 2.34. The van der Waals surface area contributed by atoms with E-state index in [4.69, 9.17) is 16.3 Å². The van der Waals surface area contributed by atoms with Gasteiger partial charge in [-0.05, 0) is 39.0 Å². The second kappa shape index (κ2) is 13.1. The van der Waals surface area contributed by atoms with Crippen molar-refractivity contribution in [3.63, 3.8) is 0 Å². The lowest BCUT2D eigenvalue weighted by Crippen LogP contribution is -2.27. The van der Waals surface area contributed by atoms with Crippen molar-refractivity contribution in [2.24, 2.45) is 0 Å². The van der Waals surface area contributed by atoms with Crippen molar-refractivity contribution >= 4 is 43.1 Å². The van der Waals surface area contributed by atoms with Gasteiger partial charge in [-0.15, -0.1) is 10.3 Å². The first-order valence-corrected chi connectivity index (χ1v) is 17.6. The number of ether oxygens (including phenoxy) is 1. The molecule has 47 heavy (non-hydrogen) atoms. The Morgan fingerprint density at radius 3 is 2.23 bits per heavy atom. The number of rotatable bonds is 5. The van der Waals surface area contributed by atoms with Gasteiger partial charge in [0.2, 0.25) is 5.95 Å². The van der Waals surface area contributed by atoms with E-state index >= 15 is 8.78 Å². The van der Waals surface area contributed by atoms with Gasteiger partial charge in [0.05, 0.1) is 52.3 Å². The molecular formula is C30H27ClF5N7O3Si. The van der Waals surface area contributed by atoms with Crippen molar-refractivity contribution in [1.29, 1.82) is 0 Å². The van der Waals surface area contributed by atoms with Crippen LogP contribution in [0.4, 0.5) is 38.1 Å². The molecule has 0 saturated carbocycles. The fraction of sp³-hybridized carbons (Fsp3) is 0.267. The van der Waals surface area contributed by atoms with Crippen molar-refractivity contribution in [2.75, 3.05) is 10.6 Å². The Kier molecular flexibility index (Phi) is 9.74. The van der Waals surface area contributed by atoms with Crippen LogP contribution in [0.5, 0.6) is 0 Å². The second-order valence-corrected chi connectivity index (χ2v) is 17.2. The topological polar surface area (TPSA) is 124 Å². The van der Waals surface area contributed by atoms with Crippen LogP contribution in [-0.4, -0.2) is 50.6 Å². The van der Waals surface area contributed by atoms with E-state index in [0.717, 1.165) is 36.9 Å². The molecule has 0 spiro atoms. The highest BCUT2D eigenvalue weighted by atomic mass is 35.5. The maximum Gasteiger partial charge on any atom is 0.420 e. The van der Waals surface area contributed by atoms with Crippen molar-refractivity contribution in [3.8, 4) is 28.4 Å². The van der Waals surface area contributed by atoms with Crippen molar-refractivity contribution in [2.45, 2.75) is 52.2 Å². The van der Waals surface area contributed by atoms with Crippen LogP contribution in [0.3, 0.4) is 0 Å². The molecule has 3 heterocycles. The number of nitrogens with zero attached hydrogens (tertiary/aromatic N) is 5. The number of amides is 2. The van der Waals surface area contributed by atoms with Gasteiger partial charge in [-0.3, -0.25) is 10.1 Å². The van der Waals surface area contributed by atoms with Crippen molar-refractivity contribution < 1.29 is 36.3 Å². The zero-order valence-electron chi connectivity index (χ0n) is 25.8. The minimum absolute atomic E-state index is 0.162. The normalized spacial score (nSPS) is 11.8. The van der Waals surface area contributed by atoms with Crippen LogP contribution in [0.25, 0.3) is 16.9 Å². The first-order chi connectivity index (χ1) is 21.7. The highest BCUT2D eigenvalue weighted by Gasteiger charge is 2.36. The highest BCUT2D eigenvalue weighted by Crippen LogP contribution is 2.38. The van der Waals surface area contributed by atoms with Crippen LogP contribution in [0, 0.1) is 23.2 Å². The van der Waals surface area contributed by atoms with E-state index in [-0.39, 0.29) is 33.1 Å². The lowest BCUT2D eigenvalue weighted by molar-refractivity contribution is -0.137. The third-order valence-corrected chi connectivity index (χ3v) is 7.03. The molecule has 4 rings (SSSR count). The summed E-state index contributed by atoms with van der Waals surface area (Å²) >= 11 is 6.40. The minimum atomic E-state index is -4.90. The monoisotopic (exact) mass is 691 g/mol. The van der Waals surface area contributed by atoms with Gasteiger partial charge in [0, 0.05) is 11.1 Å². The Hall–Kier alpha value is -4.88. The van der Waals surface area contributed by atoms with E-state index in [9.17, 15) is 22.8 Å². The zero-order chi connectivity index (χ0) is 34.9. The van der Waals surface area contributed by atoms with Gasteiger partial charge in [0.15, 0.2) is 5.82 Å². The lowest BCUT2D eigenvalue weighted by atomic mass is 9.97. The average molecular weight is 692 g/mol. The largest absolute Gasteiger partial charge is 0.444 e. The molecule has 3 aromatic heterocycles. The van der Waals surface area contributed by atoms with Crippen LogP contribution >= 0.6 is 11.6 Å². The number of benzene rings is 1. The number of hydrogen-bond acceptors (Lipinski definition) is 7. The molecule has 10 nitrogen and oxygen atoms in total. The first-order valence-electron chi connectivity index (χ1n) is 13.7. The average Bonchev–Trinajstić information content (AvgIpc) is 3.47. The van der Waals surface area contributed by atoms with Crippen LogP contribution < -0.4 is 10.6 Å². The van der Waals surface area contributed by atoms with E-state index in [1.165, 1.54) is 0 Å². The van der Waals surface area contributed by atoms with Gasteiger partial charge in [-0.1, -0.05) is 37.2 Å². The number of nitrogens with one attached hydrogen (secondary N) is 2. The summed E-state index contributed by atoms with van der Waals surface area (Å²) in [5.41, 5.74) is -1.11. The van der Waals surface area contributed by atoms with Crippen LogP contribution in [-0.2, 0) is 10.9 Å². The Balaban J connectivity index is 1.78. The van der Waals surface area contributed by atoms with Gasteiger partial charge in [-0.25, -0.2) is 19.2 Å². The number of hydrogen-bond donors (Lipinski definition) is 2. The predicted molar refractivity (Wildman–Crippen MR) is 167 cm³/mol. The summed E-state index contributed by atoms with van der Waals surface area (Å²) in [6.45, 7) is 10.6. The number of aromatic nitrogens is 5. The zero-order valence-corrected chi connectivity index (χ0v) is 27.5. The van der Waals surface area contributed by atoms with E-state index in [2.05, 4.69) is 42.3 Å². The van der Waals surface area contributed by atoms with Crippen LogP contribution in [0.2, 0.25) is 24.7 Å². The van der Waals surface area contributed by atoms with Gasteiger partial charge in [-0.2, -0.15) is 27.8 Å². The van der Waals surface area contributed by atoms with E-state index in [1.807, 2.05) is 19.6 Å². The third kappa shape index (κ3) is 8.68. The van der Waals surface area contributed by atoms with E-state index < -0.39 is 60.6 Å². The Morgan fingerprint density at radius 1 is 0.979 bits per heavy atom. The molecule has 0 bridgehead atoms. The molecule has 246 valence electrons. The molecular weight excluding hydrogens is 665 g/mol. The summed E-state index contributed by atoms with van der Waals surface area (Å²) in [4.78, 5) is 33.8. The van der Waals surface area contributed by atoms with Gasteiger partial charge in [0.25, 0.3) is 5.91 Å². The molecule has 0 aliphatic carbocycles. The fourth-order valence-corrected chi connectivity index (χ4v) is 4.72. The van der Waals surface area contributed by atoms with Crippen molar-refractivity contribution in [3.05, 3.63) is 76.5 Å². The number of alkyl halides is 3. The number of carbonyl (C=O) groups excluding carboxylic acids is 2. The second-order valence-electron chi connectivity index (χ2n) is 12.0. The summed E-state index contributed by atoms with van der Waals surface area (Å²) < 4.78 is 77.8. The number of anilines is 2. The molecule has 2 amide bonds. The van der Waals surface area contributed by atoms with E-state index in [0.29, 0.717) is 10.9 Å². The number of pyridine rings is 2. The van der Waals surface area contributed by atoms with Crippen molar-refractivity contribution in [1.82, 2.24) is 25.0 Å². The van der Waals surface area contributed by atoms with Crippen LogP contribution in [0.15, 0.2) is 43.0 Å².